The summed E-state index contributed by atoms with van der Waals surface area (Å²) in [5.41, 5.74) is 1.01. The van der Waals surface area contributed by atoms with E-state index < -0.39 is 22.7 Å². The molecule has 0 radical (unpaired) electrons. The summed E-state index contributed by atoms with van der Waals surface area (Å²) in [7, 11) is 0. The van der Waals surface area contributed by atoms with Crippen LogP contribution in [0.2, 0.25) is 0 Å². The Balaban J connectivity index is 2.22. The molecule has 23 heavy (non-hydrogen) atoms. The van der Waals surface area contributed by atoms with Crippen LogP contribution in [0.25, 0.3) is 0 Å². The molecule has 0 saturated heterocycles. The molecular weight excluding hydrogens is 316 g/mol. The van der Waals surface area contributed by atoms with E-state index in [-0.39, 0.29) is 6.54 Å². The molecule has 0 amide bonds. The van der Waals surface area contributed by atoms with Crippen LogP contribution in [0.4, 0.5) is 5.69 Å². The third kappa shape index (κ3) is 3.94. The number of carboxylic acids is 1. The monoisotopic (exact) mass is 334 g/mol. The van der Waals surface area contributed by atoms with Crippen molar-refractivity contribution < 1.29 is 18.7 Å². The van der Waals surface area contributed by atoms with Crippen molar-refractivity contribution in [3.8, 4) is 0 Å². The molecule has 0 aliphatic heterocycles. The fourth-order valence-corrected chi connectivity index (χ4v) is 2.60. The molecule has 1 atom stereocenters. The van der Waals surface area contributed by atoms with Crippen LogP contribution in [0.5, 0.6) is 0 Å². The maximum absolute atomic E-state index is 11.6. The van der Waals surface area contributed by atoms with E-state index in [0.29, 0.717) is 11.3 Å². The topological polar surface area (TPSA) is 90.7 Å². The summed E-state index contributed by atoms with van der Waals surface area (Å²) in [5.74, 6) is -0.904. The maximum atomic E-state index is 11.6. The zero-order valence-electron chi connectivity index (χ0n) is 12.8. The predicted molar refractivity (Wildman–Crippen MR) is 88.3 cm³/mol. The van der Waals surface area contributed by atoms with E-state index in [1.165, 1.54) is 10.5 Å². The number of benzene rings is 1. The molecule has 1 unspecified atom stereocenters. The van der Waals surface area contributed by atoms with Gasteiger partial charge in [0.2, 0.25) is 0 Å². The van der Waals surface area contributed by atoms with Gasteiger partial charge in [0.05, 0.1) is 23.8 Å². The molecule has 2 aromatic rings. The van der Waals surface area contributed by atoms with Gasteiger partial charge in [-0.3, -0.25) is 18.6 Å². The molecule has 0 aliphatic rings. The lowest BCUT2D eigenvalue weighted by molar-refractivity contribution is -0.142. The van der Waals surface area contributed by atoms with Crippen LogP contribution in [0, 0.1) is 0 Å². The Morgan fingerprint density at radius 2 is 1.91 bits per heavy atom. The van der Waals surface area contributed by atoms with Crippen molar-refractivity contribution in [3.05, 3.63) is 59.9 Å². The summed E-state index contributed by atoms with van der Waals surface area (Å²) in [4.78, 5) is 15.2. The second kappa shape index (κ2) is 6.89. The van der Waals surface area contributed by atoms with Gasteiger partial charge in [-0.1, -0.05) is 24.3 Å². The van der Waals surface area contributed by atoms with E-state index in [9.17, 15) is 18.7 Å². The van der Waals surface area contributed by atoms with E-state index in [2.05, 4.69) is 4.98 Å². The molecule has 2 N–H and O–H groups in total. The Bertz CT molecular complexity index is 702. The molecule has 0 fully saturated rings. The molecule has 1 aromatic carbocycles. The lowest BCUT2D eigenvalue weighted by Crippen LogP contribution is -2.28. The summed E-state index contributed by atoms with van der Waals surface area (Å²) in [5, 5.41) is 9.24. The van der Waals surface area contributed by atoms with Gasteiger partial charge < -0.3 is 5.11 Å². The Hall–Kier alpha value is -2.25. The summed E-state index contributed by atoms with van der Waals surface area (Å²) in [6.07, 6.45) is 3.10. The predicted octanol–water partition coefficient (Wildman–Crippen LogP) is 2.59. The lowest BCUT2D eigenvalue weighted by atomic mass is 9.84. The number of nitrogens with zero attached hydrogens (tertiary/aromatic N) is 2. The Kier molecular flexibility index (Phi) is 5.12. The van der Waals surface area contributed by atoms with Crippen LogP contribution in [0.3, 0.4) is 0 Å². The average molecular weight is 334 g/mol. The number of hydrogen-bond donors (Lipinski definition) is 2. The number of carbonyl (C=O) groups is 1. The smallest absolute Gasteiger partial charge is 0.313 e. The zero-order valence-corrected chi connectivity index (χ0v) is 13.7. The molecule has 2 rings (SSSR count). The van der Waals surface area contributed by atoms with Gasteiger partial charge in [0.15, 0.2) is 0 Å². The number of aliphatic carboxylic acids is 1. The van der Waals surface area contributed by atoms with Gasteiger partial charge in [0.1, 0.15) is 0 Å². The molecule has 122 valence electrons. The first-order valence-electron chi connectivity index (χ1n) is 6.93. The number of pyridine rings is 1. The number of hydrogen-bond acceptors (Lipinski definition) is 3. The fraction of sp³-hybridized carbons (Fsp3) is 0.250. The van der Waals surface area contributed by atoms with E-state index in [1.54, 1.807) is 56.4 Å². The van der Waals surface area contributed by atoms with Crippen molar-refractivity contribution in [2.45, 2.75) is 25.8 Å². The Morgan fingerprint density at radius 1 is 1.26 bits per heavy atom. The first-order chi connectivity index (χ1) is 10.8. The minimum absolute atomic E-state index is 0.211. The van der Waals surface area contributed by atoms with Crippen molar-refractivity contribution in [2.24, 2.45) is 0 Å². The molecule has 1 aromatic heterocycles. The number of carboxylic acid groups (broad SMARTS) is 1. The molecule has 0 saturated carbocycles. The van der Waals surface area contributed by atoms with Gasteiger partial charge in [-0.2, -0.15) is 0 Å². The van der Waals surface area contributed by atoms with Gasteiger partial charge in [0, 0.05) is 6.20 Å². The van der Waals surface area contributed by atoms with E-state index >= 15 is 0 Å². The lowest BCUT2D eigenvalue weighted by Gasteiger charge is -2.22. The van der Waals surface area contributed by atoms with Crippen LogP contribution in [-0.2, 0) is 28.0 Å². The van der Waals surface area contributed by atoms with Gasteiger partial charge in [0.25, 0.3) is 11.3 Å². The summed E-state index contributed by atoms with van der Waals surface area (Å²) in [6, 6.07) is 10.4. The summed E-state index contributed by atoms with van der Waals surface area (Å²) in [6.45, 7) is 3.48. The second-order valence-electron chi connectivity index (χ2n) is 5.61. The highest BCUT2D eigenvalue weighted by Crippen LogP contribution is 2.24. The minimum atomic E-state index is -2.19. The van der Waals surface area contributed by atoms with Crippen molar-refractivity contribution >= 4 is 22.9 Å². The molecule has 0 bridgehead atoms. The summed E-state index contributed by atoms with van der Waals surface area (Å²) >= 11 is -2.19. The van der Waals surface area contributed by atoms with Crippen molar-refractivity contribution in [3.63, 3.8) is 0 Å². The van der Waals surface area contributed by atoms with Crippen LogP contribution in [0.1, 0.15) is 25.0 Å². The van der Waals surface area contributed by atoms with Crippen LogP contribution in [0.15, 0.2) is 48.8 Å². The number of rotatable bonds is 6. The van der Waals surface area contributed by atoms with Crippen LogP contribution < -0.4 is 4.31 Å². The van der Waals surface area contributed by atoms with Gasteiger partial charge in [-0.05, 0) is 37.1 Å². The Labute approximate surface area is 137 Å². The van der Waals surface area contributed by atoms with Gasteiger partial charge in [-0.15, -0.1) is 0 Å². The maximum Gasteiger partial charge on any atom is 0.313 e. The molecular formula is C16H18N2O4S. The highest BCUT2D eigenvalue weighted by Gasteiger charge is 2.29. The van der Waals surface area contributed by atoms with E-state index in [1.807, 2.05) is 0 Å². The average Bonchev–Trinajstić information content (AvgIpc) is 2.53. The van der Waals surface area contributed by atoms with Crippen molar-refractivity contribution in [2.75, 3.05) is 4.31 Å². The highest BCUT2D eigenvalue weighted by molar-refractivity contribution is 7.80. The third-order valence-electron chi connectivity index (χ3n) is 3.66. The first kappa shape index (κ1) is 17.1. The normalized spacial score (nSPS) is 12.7. The largest absolute Gasteiger partial charge is 0.481 e. The SMILES string of the molecule is CC(C)(C(=O)O)c1ccc(CN(c2cccnc2)S(=O)O)cc1. The van der Waals surface area contributed by atoms with Crippen LogP contribution in [-0.4, -0.2) is 24.8 Å². The van der Waals surface area contributed by atoms with Gasteiger partial charge >= 0.3 is 5.97 Å². The van der Waals surface area contributed by atoms with Crippen LogP contribution >= 0.6 is 0 Å². The standard InChI is InChI=1S/C16H18N2O4S/c1-16(2,15(19)20)13-7-5-12(6-8-13)11-18(23(21)22)14-4-3-9-17-10-14/h3-10H,11H2,1-2H3,(H,19,20)(H,21,22). The zero-order chi connectivity index (χ0) is 17.0. The number of aromatic nitrogens is 1. The third-order valence-corrected chi connectivity index (χ3v) is 4.38. The highest BCUT2D eigenvalue weighted by atomic mass is 32.2. The van der Waals surface area contributed by atoms with E-state index in [0.717, 1.165) is 5.56 Å². The quantitative estimate of drug-likeness (QED) is 0.792. The summed E-state index contributed by atoms with van der Waals surface area (Å²) < 4.78 is 22.3. The fourth-order valence-electron chi connectivity index (χ4n) is 2.05. The molecule has 0 aliphatic carbocycles. The molecule has 6 nitrogen and oxygen atoms in total. The van der Waals surface area contributed by atoms with E-state index in [4.69, 9.17) is 0 Å². The molecule has 7 heteroatoms. The minimum Gasteiger partial charge on any atom is -0.481 e. The van der Waals surface area contributed by atoms with Crippen molar-refractivity contribution in [1.29, 1.82) is 0 Å². The first-order valence-corrected chi connectivity index (χ1v) is 8.00. The number of anilines is 1. The van der Waals surface area contributed by atoms with Gasteiger partial charge in [-0.25, -0.2) is 4.21 Å². The van der Waals surface area contributed by atoms with Crippen molar-refractivity contribution in [1.82, 2.24) is 4.98 Å². The Morgan fingerprint density at radius 3 is 2.39 bits per heavy atom. The molecule has 1 heterocycles. The second-order valence-corrected chi connectivity index (χ2v) is 6.51. The molecule has 0 spiro atoms.